The van der Waals surface area contributed by atoms with Crippen LogP contribution in [0.2, 0.25) is 10.0 Å². The van der Waals surface area contributed by atoms with Crippen LogP contribution in [0.3, 0.4) is 0 Å². The van der Waals surface area contributed by atoms with Crippen LogP contribution in [0.5, 0.6) is 17.2 Å². The van der Waals surface area contributed by atoms with Gasteiger partial charge in [-0.15, -0.1) is 0 Å². The second kappa shape index (κ2) is 21.8. The summed E-state index contributed by atoms with van der Waals surface area (Å²) >= 11 is 12.7. The summed E-state index contributed by atoms with van der Waals surface area (Å²) in [5.74, 6) is 2.00. The number of carbonyl (C=O) groups is 1. The maximum absolute atomic E-state index is 13.4. The molecule has 0 saturated heterocycles. The summed E-state index contributed by atoms with van der Waals surface area (Å²) in [4.78, 5) is 13.4. The van der Waals surface area contributed by atoms with Crippen molar-refractivity contribution in [3.8, 4) is 17.2 Å². The first kappa shape index (κ1) is 36.1. The van der Waals surface area contributed by atoms with Crippen LogP contribution < -0.4 is 38.4 Å². The van der Waals surface area contributed by atoms with Crippen molar-refractivity contribution >= 4 is 42.6 Å². The van der Waals surface area contributed by atoms with E-state index in [1.165, 1.54) is 25.7 Å². The van der Waals surface area contributed by atoms with Crippen molar-refractivity contribution < 1.29 is 39.3 Å². The van der Waals surface area contributed by atoms with Crippen LogP contribution in [-0.2, 0) is 0 Å². The first-order valence-corrected chi connectivity index (χ1v) is 16.1. The van der Waals surface area contributed by atoms with Crippen LogP contribution in [0.4, 0.5) is 0 Å². The number of benzene rings is 2. The van der Waals surface area contributed by atoms with Crippen molar-refractivity contribution in [1.29, 1.82) is 0 Å². The molecule has 214 valence electrons. The Kier molecular flexibility index (Phi) is 20.2. The Hall–Kier alpha value is -0.883. The van der Waals surface area contributed by atoms with Crippen molar-refractivity contribution in [2.45, 2.75) is 97.8 Å². The zero-order chi connectivity index (χ0) is 27.6. The molecular formula is C31H46Cl2LiO4P. The summed E-state index contributed by atoms with van der Waals surface area (Å²) in [6, 6.07) is 8.95. The average molecular weight is 592 g/mol. The number of carbonyl (C=O) groups excluding carboxylic acids is 1. The number of hydrogen-bond acceptors (Lipinski definition) is 4. The van der Waals surface area contributed by atoms with Gasteiger partial charge in [-0.05, 0) is 40.0 Å². The Morgan fingerprint density at radius 3 is 1.59 bits per heavy atom. The van der Waals surface area contributed by atoms with Gasteiger partial charge in [0.15, 0.2) is 5.52 Å². The summed E-state index contributed by atoms with van der Waals surface area (Å²) in [5.41, 5.74) is 0.203. The van der Waals surface area contributed by atoms with Crippen LogP contribution in [-0.4, -0.2) is 25.3 Å². The van der Waals surface area contributed by atoms with Gasteiger partial charge in [0.1, 0.15) is 17.2 Å². The minimum Gasteiger partial charge on any atom is -1.00 e. The monoisotopic (exact) mass is 590 g/mol. The Morgan fingerprint density at radius 2 is 1.15 bits per heavy atom. The fourth-order valence-electron chi connectivity index (χ4n) is 4.03. The van der Waals surface area contributed by atoms with E-state index in [9.17, 15) is 4.79 Å². The SMILES string of the molecule is CCCCCCOc1cc(OCCCCCC)c(PC(=O)c2c(Cl)cccc2Cl)c(OCCCCCC)c1.[H-].[Li+]. The summed E-state index contributed by atoms with van der Waals surface area (Å²) < 4.78 is 18.7. The van der Waals surface area contributed by atoms with E-state index >= 15 is 0 Å². The quantitative estimate of drug-likeness (QED) is 0.0881. The molecule has 0 aliphatic carbocycles. The van der Waals surface area contributed by atoms with Gasteiger partial charge in [0.25, 0.3) is 0 Å². The molecule has 0 heterocycles. The van der Waals surface area contributed by atoms with Gasteiger partial charge in [0, 0.05) is 12.1 Å². The molecule has 8 heteroatoms. The summed E-state index contributed by atoms with van der Waals surface area (Å²) in [6.07, 6.45) is 13.3. The molecule has 0 aliphatic heterocycles. The van der Waals surface area contributed by atoms with Crippen LogP contribution >= 0.6 is 31.8 Å². The molecular weight excluding hydrogens is 545 g/mol. The van der Waals surface area contributed by atoms with E-state index in [0.717, 1.165) is 56.7 Å². The molecule has 0 amide bonds. The van der Waals surface area contributed by atoms with E-state index in [2.05, 4.69) is 20.8 Å². The zero-order valence-corrected chi connectivity index (χ0v) is 26.9. The Balaban J connectivity index is 0.00000760. The van der Waals surface area contributed by atoms with Gasteiger partial charge >= 0.3 is 18.9 Å². The summed E-state index contributed by atoms with van der Waals surface area (Å²) in [5, 5.41) is 1.45. The number of halogens is 2. The van der Waals surface area contributed by atoms with Crippen LogP contribution in [0, 0.1) is 0 Å². The fourth-order valence-corrected chi connectivity index (χ4v) is 5.92. The van der Waals surface area contributed by atoms with Crippen LogP contribution in [0.15, 0.2) is 30.3 Å². The van der Waals surface area contributed by atoms with E-state index in [1.807, 2.05) is 12.1 Å². The third-order valence-electron chi connectivity index (χ3n) is 6.25. The van der Waals surface area contributed by atoms with Gasteiger partial charge in [0.2, 0.25) is 0 Å². The van der Waals surface area contributed by atoms with Gasteiger partial charge in [-0.2, -0.15) is 0 Å². The van der Waals surface area contributed by atoms with Crippen LogP contribution in [0.25, 0.3) is 0 Å². The van der Waals surface area contributed by atoms with Crippen LogP contribution in [0.1, 0.15) is 110 Å². The first-order chi connectivity index (χ1) is 18.5. The molecule has 1 unspecified atom stereocenters. The summed E-state index contributed by atoms with van der Waals surface area (Å²) in [7, 11) is -0.244. The van der Waals surface area contributed by atoms with Gasteiger partial charge < -0.3 is 15.6 Å². The third kappa shape index (κ3) is 13.6. The average Bonchev–Trinajstić information content (AvgIpc) is 2.89. The largest absolute Gasteiger partial charge is 1.00 e. The molecule has 0 radical (unpaired) electrons. The Morgan fingerprint density at radius 1 is 0.718 bits per heavy atom. The maximum Gasteiger partial charge on any atom is 1.00 e. The van der Waals surface area contributed by atoms with Gasteiger partial charge in [-0.25, -0.2) is 0 Å². The maximum atomic E-state index is 13.4. The van der Waals surface area contributed by atoms with E-state index < -0.39 is 0 Å². The number of rotatable bonds is 21. The molecule has 0 aliphatic rings. The van der Waals surface area contributed by atoms with Crippen molar-refractivity contribution in [3.05, 3.63) is 45.9 Å². The zero-order valence-electron chi connectivity index (χ0n) is 25.4. The van der Waals surface area contributed by atoms with Crippen molar-refractivity contribution in [2.75, 3.05) is 19.8 Å². The van der Waals surface area contributed by atoms with Gasteiger partial charge in [0.05, 0.1) is 40.7 Å². The van der Waals surface area contributed by atoms with Crippen molar-refractivity contribution in [3.63, 3.8) is 0 Å². The Bertz CT molecular complexity index is 925. The molecule has 0 fully saturated rings. The second-order valence-corrected chi connectivity index (χ2v) is 11.6. The predicted octanol–water partition coefficient (Wildman–Crippen LogP) is 7.13. The predicted molar refractivity (Wildman–Crippen MR) is 165 cm³/mol. The first-order valence-electron chi connectivity index (χ1n) is 14.3. The van der Waals surface area contributed by atoms with Gasteiger partial charge in [-0.3, -0.25) is 4.79 Å². The molecule has 2 aromatic carbocycles. The molecule has 0 aromatic heterocycles. The van der Waals surface area contributed by atoms with Crippen molar-refractivity contribution in [2.24, 2.45) is 0 Å². The fraction of sp³-hybridized carbons (Fsp3) is 0.581. The topological polar surface area (TPSA) is 44.8 Å². The molecule has 4 nitrogen and oxygen atoms in total. The smallest absolute Gasteiger partial charge is 1.00 e. The summed E-state index contributed by atoms with van der Waals surface area (Å²) in [6.45, 7) is 8.38. The molecule has 0 N–H and O–H groups in total. The number of unbranched alkanes of at least 4 members (excludes halogenated alkanes) is 9. The number of ether oxygens (including phenoxy) is 3. The molecule has 0 saturated carbocycles. The Labute approximate surface area is 261 Å². The van der Waals surface area contributed by atoms with E-state index in [0.29, 0.717) is 52.7 Å². The normalized spacial score (nSPS) is 11.0. The van der Waals surface area contributed by atoms with Gasteiger partial charge in [-0.1, -0.05) is 108 Å². The molecule has 1 atom stereocenters. The molecule has 0 bridgehead atoms. The minimum atomic E-state index is -0.244. The molecule has 2 aromatic rings. The molecule has 0 spiro atoms. The molecule has 39 heavy (non-hydrogen) atoms. The van der Waals surface area contributed by atoms with Crippen molar-refractivity contribution in [1.82, 2.24) is 0 Å². The van der Waals surface area contributed by atoms with E-state index in [1.54, 1.807) is 18.2 Å². The standard InChI is InChI=1S/C31H45Cl2O4P.Li.H/c1-4-7-10-13-19-35-24-22-27(36-20-14-11-8-5-2)30(28(23-24)37-21-15-12-9-6-3)38-31(34)29-25(32)17-16-18-26(29)33;;/h16-18,22-23,38H,4-15,19-21H2,1-3H3;;/q;+1;-1. The van der Waals surface area contributed by atoms with E-state index in [4.69, 9.17) is 37.4 Å². The second-order valence-electron chi connectivity index (χ2n) is 9.57. The number of hydrogen-bond donors (Lipinski definition) is 0. The minimum absolute atomic E-state index is 0. The third-order valence-corrected chi connectivity index (χ3v) is 8.10. The van der Waals surface area contributed by atoms with E-state index in [-0.39, 0.29) is 34.4 Å². The molecule has 2 rings (SSSR count).